The first kappa shape index (κ1) is 9.76. The summed E-state index contributed by atoms with van der Waals surface area (Å²) < 4.78 is 0. The minimum absolute atomic E-state index is 0.175. The molecule has 0 aliphatic rings. The van der Waals surface area contributed by atoms with Crippen LogP contribution in [0.5, 0.6) is 0 Å². The fraction of sp³-hybridized carbons (Fsp3) is 0.750. The van der Waals surface area contributed by atoms with Gasteiger partial charge in [0, 0.05) is 5.92 Å². The van der Waals surface area contributed by atoms with Crippen molar-refractivity contribution >= 4 is 20.0 Å². The molecule has 0 radical (unpaired) electrons. The first-order valence-corrected chi connectivity index (χ1v) is 5.48. The average molecular weight is 156 g/mol. The van der Waals surface area contributed by atoms with Gasteiger partial charge in [-0.3, -0.25) is 0 Å². The predicted octanol–water partition coefficient (Wildman–Crippen LogP) is 1.67. The molecule has 0 N–H and O–H groups in total. The first-order chi connectivity index (χ1) is 4.46. The Balaban J connectivity index is 4.10. The van der Waals surface area contributed by atoms with Crippen LogP contribution in [-0.4, -0.2) is 20.0 Å². The Hall–Kier alpha value is -0.243. The van der Waals surface area contributed by atoms with Gasteiger partial charge < -0.3 is 4.79 Å². The van der Waals surface area contributed by atoms with Gasteiger partial charge in [-0.15, -0.1) is 6.17 Å². The van der Waals surface area contributed by atoms with Gasteiger partial charge in [-0.05, 0) is 5.54 Å². The number of carbonyl (C=O) groups is 1. The molecule has 0 aliphatic carbocycles. The second-order valence-electron chi connectivity index (χ2n) is 3.20. The third-order valence-electron chi connectivity index (χ3n) is 1.54. The molecule has 58 valence electrons. The van der Waals surface area contributed by atoms with E-state index in [0.29, 0.717) is 10.9 Å². The van der Waals surface area contributed by atoms with Gasteiger partial charge in [0.25, 0.3) is 0 Å². The molecule has 0 saturated carbocycles. The molecule has 1 nitrogen and oxygen atoms in total. The van der Waals surface area contributed by atoms with E-state index in [1.807, 2.05) is 13.8 Å². The largest absolute Gasteiger partial charge is 0.301 e. The maximum absolute atomic E-state index is 11.3. The number of hydrogen-bond donors (Lipinski definition) is 0. The zero-order chi connectivity index (χ0) is 8.31. The van der Waals surface area contributed by atoms with Crippen LogP contribution in [0.4, 0.5) is 0 Å². The second-order valence-corrected chi connectivity index (χ2v) is 5.90. The molecule has 0 rings (SSSR count). The number of carbonyl (C=O) groups excluding carboxylic acids is 1. The van der Waals surface area contributed by atoms with Crippen LogP contribution in [0.25, 0.3) is 0 Å². The van der Waals surface area contributed by atoms with Gasteiger partial charge in [0.15, 0.2) is 0 Å². The Labute approximate surface area is 64.7 Å². The molecule has 2 heteroatoms. The van der Waals surface area contributed by atoms with Crippen molar-refractivity contribution in [2.24, 2.45) is 5.92 Å². The van der Waals surface area contributed by atoms with E-state index in [4.69, 9.17) is 0 Å². The van der Waals surface area contributed by atoms with Gasteiger partial charge in [-0.25, -0.2) is 0 Å². The minimum Gasteiger partial charge on any atom is -0.301 e. The lowest BCUT2D eigenvalue weighted by Gasteiger charge is -2.08. The quantitative estimate of drug-likeness (QED) is 0.568. The zero-order valence-electron chi connectivity index (χ0n) is 7.27. The van der Waals surface area contributed by atoms with E-state index in [1.165, 1.54) is 0 Å². The summed E-state index contributed by atoms with van der Waals surface area (Å²) in [6.07, 6.45) is 3.91. The molecular formula is C8H16OSi. The Morgan fingerprint density at radius 2 is 1.70 bits per heavy atom. The number of rotatable bonds is 3. The summed E-state index contributed by atoms with van der Waals surface area (Å²) in [5.74, 6) is 0.175. The molecule has 0 unspecified atom stereocenters. The normalized spacial score (nSPS) is 10.6. The molecule has 0 aromatic rings. The molecule has 0 amide bonds. The third-order valence-corrected chi connectivity index (χ3v) is 4.14. The molecule has 0 spiro atoms. The van der Waals surface area contributed by atoms with Crippen LogP contribution >= 0.6 is 0 Å². The van der Waals surface area contributed by atoms with E-state index in [9.17, 15) is 4.79 Å². The smallest absolute Gasteiger partial charge is 0.132 e. The molecule has 0 saturated heterocycles. The Morgan fingerprint density at radius 3 is 1.80 bits per heavy atom. The van der Waals surface area contributed by atoms with E-state index in [2.05, 4.69) is 20.0 Å². The van der Waals surface area contributed by atoms with Gasteiger partial charge in [0.1, 0.15) is 5.41 Å². The molecule has 0 aromatic carbocycles. The summed E-state index contributed by atoms with van der Waals surface area (Å²) >= 11 is 0. The van der Waals surface area contributed by atoms with Crippen molar-refractivity contribution in [2.45, 2.75) is 33.2 Å². The van der Waals surface area contributed by atoms with Crippen molar-refractivity contribution in [1.82, 2.24) is 0 Å². The van der Waals surface area contributed by atoms with Crippen molar-refractivity contribution in [2.75, 3.05) is 0 Å². The van der Waals surface area contributed by atoms with Crippen LogP contribution in [0, 0.1) is 5.92 Å². The van der Waals surface area contributed by atoms with Crippen LogP contribution in [0.15, 0.2) is 0 Å². The zero-order valence-corrected chi connectivity index (χ0v) is 8.27. The Bertz CT molecular complexity index is 129. The highest BCUT2D eigenvalue weighted by Crippen LogP contribution is 2.05. The van der Waals surface area contributed by atoms with Gasteiger partial charge in [-0.1, -0.05) is 27.7 Å². The van der Waals surface area contributed by atoms with Crippen LogP contribution in [-0.2, 0) is 4.79 Å². The van der Waals surface area contributed by atoms with Crippen molar-refractivity contribution in [3.8, 4) is 0 Å². The van der Waals surface area contributed by atoms with Crippen molar-refractivity contribution in [1.29, 1.82) is 0 Å². The summed E-state index contributed by atoms with van der Waals surface area (Å²) in [4.78, 5) is 11.3. The summed E-state index contributed by atoms with van der Waals surface area (Å²) in [5, 5.41) is 0.375. The monoisotopic (exact) mass is 156 g/mol. The van der Waals surface area contributed by atoms with Gasteiger partial charge in [0.05, 0.1) is 8.41 Å². The molecule has 0 aliphatic heterocycles. The van der Waals surface area contributed by atoms with E-state index in [0.717, 1.165) is 0 Å². The standard InChI is InChI=1S/C8H16OSi/c1-6(2)8(9)10(5)7(3)4/h6-7H,5H2,1-4H3. The summed E-state index contributed by atoms with van der Waals surface area (Å²) in [5.41, 5.74) is 0.472. The SMILES string of the molecule is C=[Si](C(=O)C(C)C)C(C)C. The van der Waals surface area contributed by atoms with E-state index >= 15 is 0 Å². The molecule has 0 heterocycles. The van der Waals surface area contributed by atoms with Crippen LogP contribution in [0.2, 0.25) is 5.54 Å². The lowest BCUT2D eigenvalue weighted by Crippen LogP contribution is -2.24. The van der Waals surface area contributed by atoms with Gasteiger partial charge >= 0.3 is 0 Å². The Kier molecular flexibility index (Phi) is 3.72. The van der Waals surface area contributed by atoms with Crippen LogP contribution in [0.1, 0.15) is 27.7 Å². The maximum Gasteiger partial charge on any atom is 0.132 e. The molecular weight excluding hydrogens is 140 g/mol. The predicted molar refractivity (Wildman–Crippen MR) is 47.8 cm³/mol. The lowest BCUT2D eigenvalue weighted by molar-refractivity contribution is -0.114. The minimum atomic E-state index is -0.973. The van der Waals surface area contributed by atoms with Crippen LogP contribution < -0.4 is 0 Å². The molecule has 0 atom stereocenters. The molecule has 0 aromatic heterocycles. The second kappa shape index (κ2) is 3.81. The number of hydrogen-bond acceptors (Lipinski definition) is 1. The molecule has 10 heavy (non-hydrogen) atoms. The summed E-state index contributed by atoms with van der Waals surface area (Å²) in [6, 6.07) is 0. The summed E-state index contributed by atoms with van der Waals surface area (Å²) in [7, 11) is -0.973. The fourth-order valence-electron chi connectivity index (χ4n) is 0.655. The van der Waals surface area contributed by atoms with Crippen molar-refractivity contribution in [3.05, 3.63) is 0 Å². The lowest BCUT2D eigenvalue weighted by atomic mass is 10.3. The van der Waals surface area contributed by atoms with Crippen molar-refractivity contribution in [3.63, 3.8) is 0 Å². The van der Waals surface area contributed by atoms with Gasteiger partial charge in [-0.2, -0.15) is 0 Å². The van der Waals surface area contributed by atoms with E-state index < -0.39 is 8.41 Å². The average Bonchev–Trinajstić information content (AvgIpc) is 1.84. The highest BCUT2D eigenvalue weighted by Gasteiger charge is 2.14. The van der Waals surface area contributed by atoms with Crippen LogP contribution in [0.3, 0.4) is 0 Å². The highest BCUT2D eigenvalue weighted by molar-refractivity contribution is 6.91. The third kappa shape index (κ3) is 2.56. The Morgan fingerprint density at radius 1 is 1.30 bits per heavy atom. The van der Waals surface area contributed by atoms with E-state index in [1.54, 1.807) is 0 Å². The maximum atomic E-state index is 11.3. The van der Waals surface area contributed by atoms with E-state index in [-0.39, 0.29) is 5.92 Å². The summed E-state index contributed by atoms with van der Waals surface area (Å²) in [6.45, 7) is 8.03. The molecule has 0 fully saturated rings. The molecule has 0 bridgehead atoms. The first-order valence-electron chi connectivity index (χ1n) is 3.69. The van der Waals surface area contributed by atoms with Gasteiger partial charge in [0.2, 0.25) is 0 Å². The highest BCUT2D eigenvalue weighted by atomic mass is 28.2. The van der Waals surface area contributed by atoms with Crippen molar-refractivity contribution < 1.29 is 4.79 Å². The topological polar surface area (TPSA) is 17.1 Å². The fourth-order valence-corrected chi connectivity index (χ4v) is 1.97.